The van der Waals surface area contributed by atoms with Crippen LogP contribution in [0.4, 0.5) is 0 Å². The largest absolute Gasteiger partial charge is 3.00 e. The van der Waals surface area contributed by atoms with Crippen LogP contribution >= 0.6 is 0 Å². The minimum atomic E-state index is -1.38. The molecule has 0 amide bonds. The normalized spacial score (nSPS) is 11.8. The standard InChI is InChI=1S/C25H37Si2.2ClH.Zr/c1-10-11-12-20-18(3)25(27(7,8)9)16-23-21-15-24(26(4,5)6)17(2)13-19(21)14-22(20)23;;;/h13-16H,10-12H2,1-9H3;2*1H;/q-1;;;+3/p-2. The molecule has 0 heterocycles. The summed E-state index contributed by atoms with van der Waals surface area (Å²) in [4.78, 5) is 0. The molecule has 0 saturated carbocycles. The smallest absolute Gasteiger partial charge is 1.00 e. The summed E-state index contributed by atoms with van der Waals surface area (Å²) in [5.41, 5.74) is 4.68. The van der Waals surface area contributed by atoms with E-state index in [1.165, 1.54) is 46.4 Å². The van der Waals surface area contributed by atoms with Gasteiger partial charge in [-0.25, -0.2) is 0 Å². The molecule has 30 heavy (non-hydrogen) atoms. The summed E-state index contributed by atoms with van der Waals surface area (Å²) in [5, 5.41) is 9.24. The van der Waals surface area contributed by atoms with E-state index in [2.05, 4.69) is 84.3 Å². The maximum Gasteiger partial charge on any atom is 3.00 e. The molecule has 0 nitrogen and oxygen atoms in total. The summed E-state index contributed by atoms with van der Waals surface area (Å²) < 4.78 is 0. The topological polar surface area (TPSA) is 0 Å². The molecule has 0 aliphatic rings. The Hall–Kier alpha value is 0.207. The van der Waals surface area contributed by atoms with E-state index in [1.807, 2.05) is 0 Å². The van der Waals surface area contributed by atoms with Gasteiger partial charge in [0.1, 0.15) is 0 Å². The second kappa shape index (κ2) is 10.9. The number of rotatable bonds is 5. The Morgan fingerprint density at radius 3 is 1.83 bits per heavy atom. The summed E-state index contributed by atoms with van der Waals surface area (Å²) in [7, 11) is -2.72. The van der Waals surface area contributed by atoms with Crippen molar-refractivity contribution in [2.45, 2.75) is 79.3 Å². The van der Waals surface area contributed by atoms with E-state index in [9.17, 15) is 0 Å². The first-order valence-corrected chi connectivity index (χ1v) is 17.6. The molecule has 0 aromatic heterocycles. The van der Waals surface area contributed by atoms with Crippen molar-refractivity contribution in [1.82, 2.24) is 0 Å². The van der Waals surface area contributed by atoms with E-state index in [0.29, 0.717) is 0 Å². The second-order valence-electron chi connectivity index (χ2n) is 10.5. The maximum absolute atomic E-state index is 2.57. The Kier molecular flexibility index (Phi) is 11.0. The average Bonchev–Trinajstić information content (AvgIpc) is 2.87. The van der Waals surface area contributed by atoms with Crippen LogP contribution in [0, 0.1) is 13.8 Å². The zero-order valence-electron chi connectivity index (χ0n) is 20.2. The quantitative estimate of drug-likeness (QED) is 0.322. The van der Waals surface area contributed by atoms with E-state index in [1.54, 1.807) is 21.5 Å². The molecule has 0 fully saturated rings. The Bertz CT molecular complexity index is 1010. The predicted octanol–water partition coefficient (Wildman–Crippen LogP) is 0.767. The first-order valence-electron chi connectivity index (χ1n) is 10.6. The fourth-order valence-corrected chi connectivity index (χ4v) is 8.43. The van der Waals surface area contributed by atoms with E-state index < -0.39 is 16.1 Å². The van der Waals surface area contributed by atoms with Gasteiger partial charge in [-0.2, -0.15) is 0 Å². The number of hydrogen-bond acceptors (Lipinski definition) is 0. The van der Waals surface area contributed by atoms with Crippen LogP contribution in [0.25, 0.3) is 21.5 Å². The minimum absolute atomic E-state index is 0. The van der Waals surface area contributed by atoms with Gasteiger partial charge >= 0.3 is 26.2 Å². The van der Waals surface area contributed by atoms with Crippen molar-refractivity contribution >= 4 is 48.1 Å². The summed E-state index contributed by atoms with van der Waals surface area (Å²) in [5.74, 6) is 0. The molecule has 163 valence electrons. The number of halogens is 2. The molecule has 0 atom stereocenters. The molecule has 0 spiro atoms. The zero-order valence-corrected chi connectivity index (χ0v) is 26.2. The molecule has 3 aromatic carbocycles. The van der Waals surface area contributed by atoms with Gasteiger partial charge in [0, 0.05) is 0 Å². The second-order valence-corrected chi connectivity index (χ2v) is 20.6. The van der Waals surface area contributed by atoms with Crippen molar-refractivity contribution in [3.05, 3.63) is 41.0 Å². The summed E-state index contributed by atoms with van der Waals surface area (Å²) >= 11 is 0. The van der Waals surface area contributed by atoms with E-state index >= 15 is 0 Å². The molecule has 5 heteroatoms. The van der Waals surface area contributed by atoms with Gasteiger partial charge in [0.05, 0.1) is 16.1 Å². The monoisotopic (exact) mass is 553 g/mol. The Morgan fingerprint density at radius 1 is 0.800 bits per heavy atom. The van der Waals surface area contributed by atoms with E-state index in [4.69, 9.17) is 0 Å². The van der Waals surface area contributed by atoms with Gasteiger partial charge < -0.3 is 24.8 Å². The van der Waals surface area contributed by atoms with Crippen molar-refractivity contribution in [1.29, 1.82) is 0 Å². The van der Waals surface area contributed by atoms with Gasteiger partial charge in [0.15, 0.2) is 0 Å². The van der Waals surface area contributed by atoms with Gasteiger partial charge in [-0.15, -0.1) is 39.2 Å². The molecule has 1 radical (unpaired) electrons. The van der Waals surface area contributed by atoms with Crippen LogP contribution in [0.2, 0.25) is 39.3 Å². The summed E-state index contributed by atoms with van der Waals surface area (Å²) in [6.07, 6.45) is 3.76. The Morgan fingerprint density at radius 2 is 1.33 bits per heavy atom. The van der Waals surface area contributed by atoms with Crippen LogP contribution in [0.1, 0.15) is 36.5 Å². The van der Waals surface area contributed by atoms with Crippen molar-refractivity contribution in [3.8, 4) is 0 Å². The third-order valence-electron chi connectivity index (χ3n) is 6.14. The van der Waals surface area contributed by atoms with Gasteiger partial charge in [0.2, 0.25) is 0 Å². The summed E-state index contributed by atoms with van der Waals surface area (Å²) in [6, 6.07) is 10.1. The third-order valence-corrected chi connectivity index (χ3v) is 10.4. The van der Waals surface area contributed by atoms with Gasteiger partial charge in [-0.1, -0.05) is 99.1 Å². The molecule has 0 unspecified atom stereocenters. The van der Waals surface area contributed by atoms with Crippen LogP contribution in [-0.2, 0) is 32.6 Å². The van der Waals surface area contributed by atoms with Crippen LogP contribution in [-0.4, -0.2) is 16.1 Å². The maximum atomic E-state index is 2.57. The number of aryl methyl sites for hydroxylation is 2. The number of hydrogen-bond donors (Lipinski definition) is 0. The first kappa shape index (κ1) is 30.2. The number of benzene rings is 2. The minimum Gasteiger partial charge on any atom is -1.00 e. The first-order chi connectivity index (χ1) is 12.4. The fraction of sp³-hybridized carbons (Fsp3) is 0.480. The molecule has 0 saturated heterocycles. The van der Waals surface area contributed by atoms with Gasteiger partial charge in [-0.05, 0) is 13.8 Å². The molecule has 0 N–H and O–H groups in total. The van der Waals surface area contributed by atoms with Crippen molar-refractivity contribution in [3.63, 3.8) is 0 Å². The van der Waals surface area contributed by atoms with Crippen LogP contribution in [0.15, 0.2) is 24.3 Å². The number of fused-ring (bicyclic) bond motifs is 3. The van der Waals surface area contributed by atoms with Crippen LogP contribution in [0.5, 0.6) is 0 Å². The Balaban J connectivity index is 0.00000280. The number of unbranched alkanes of at least 4 members (excludes halogenated alkanes) is 1. The summed E-state index contributed by atoms with van der Waals surface area (Å²) in [6.45, 7) is 21.9. The predicted molar refractivity (Wildman–Crippen MR) is 131 cm³/mol. The molecular weight excluding hydrogens is 519 g/mol. The van der Waals surface area contributed by atoms with E-state index in [0.717, 1.165) is 0 Å². The van der Waals surface area contributed by atoms with Gasteiger partial charge in [0.25, 0.3) is 0 Å². The zero-order chi connectivity index (χ0) is 20.1. The van der Waals surface area contributed by atoms with Crippen molar-refractivity contribution in [2.24, 2.45) is 0 Å². The SMILES string of the molecule is CCCCc1c(C)c([Si](C)(C)C)cc2c1[cH-]c1cc(C)c([Si](C)(C)C)cc12.[Cl-].[Cl-].[Zr+3]. The van der Waals surface area contributed by atoms with Crippen molar-refractivity contribution in [2.75, 3.05) is 0 Å². The molecular formula is C25H37Cl2Si2Zr. The third kappa shape index (κ3) is 5.76. The van der Waals surface area contributed by atoms with Crippen molar-refractivity contribution < 1.29 is 51.0 Å². The van der Waals surface area contributed by atoms with Gasteiger partial charge in [-0.3, -0.25) is 0 Å². The van der Waals surface area contributed by atoms with Crippen LogP contribution < -0.4 is 35.2 Å². The fourth-order valence-electron chi connectivity index (χ4n) is 4.75. The van der Waals surface area contributed by atoms with Crippen LogP contribution in [0.3, 0.4) is 0 Å². The van der Waals surface area contributed by atoms with E-state index in [-0.39, 0.29) is 51.0 Å². The molecule has 0 aliphatic heterocycles. The molecule has 0 bridgehead atoms. The molecule has 3 rings (SSSR count). The average molecular weight is 556 g/mol. The molecule has 0 aliphatic carbocycles. The Labute approximate surface area is 217 Å². The molecule has 3 aromatic rings.